The summed E-state index contributed by atoms with van der Waals surface area (Å²) < 4.78 is 134. The molecule has 0 aliphatic heterocycles. The number of anilines is 1. The monoisotopic (exact) mass is 737 g/mol. The van der Waals surface area contributed by atoms with Gasteiger partial charge in [0.2, 0.25) is 0 Å². The predicted octanol–water partition coefficient (Wildman–Crippen LogP) is 5.10. The van der Waals surface area contributed by atoms with Gasteiger partial charge in [0.15, 0.2) is 5.75 Å². The van der Waals surface area contributed by atoms with Crippen molar-refractivity contribution in [1.82, 2.24) is 0 Å². The SMILES string of the molecule is Nc1cc2c(O)c(N=Nc3ccc(N=Nc4ccc(S(=O)(=O)O)cc4)c4cccc(S(=O)(=O)O)c34)c(S(=O)(=O)O)cc2cc1S(=O)(=O)O. The Bertz CT molecular complexity index is 2680. The minimum absolute atomic E-state index is 0.00518. The molecule has 0 fully saturated rings. The molecule has 48 heavy (non-hydrogen) atoms. The quantitative estimate of drug-likeness (QED) is 0.0686. The Hall–Kier alpha value is -4.94. The van der Waals surface area contributed by atoms with Gasteiger partial charge in [-0.15, -0.1) is 15.3 Å². The molecule has 5 aromatic carbocycles. The number of azo groups is 2. The molecular formula is C26H19N5O13S4. The van der Waals surface area contributed by atoms with Crippen LogP contribution in [-0.2, 0) is 40.5 Å². The Morgan fingerprint density at radius 3 is 1.69 bits per heavy atom. The van der Waals surface area contributed by atoms with Gasteiger partial charge in [-0.25, -0.2) is 0 Å². The van der Waals surface area contributed by atoms with Crippen LogP contribution in [0.25, 0.3) is 21.5 Å². The van der Waals surface area contributed by atoms with Crippen LogP contribution in [-0.4, -0.2) is 57.0 Å². The number of phenolic OH excluding ortho intramolecular Hbond substituents is 1. The van der Waals surface area contributed by atoms with E-state index in [2.05, 4.69) is 20.5 Å². The number of fused-ring (bicyclic) bond motifs is 2. The van der Waals surface area contributed by atoms with Crippen molar-refractivity contribution in [2.24, 2.45) is 20.5 Å². The molecule has 0 saturated carbocycles. The van der Waals surface area contributed by atoms with Crippen LogP contribution in [0.2, 0.25) is 0 Å². The van der Waals surface area contributed by atoms with E-state index in [0.29, 0.717) is 0 Å². The lowest BCUT2D eigenvalue weighted by Crippen LogP contribution is -2.04. The number of rotatable bonds is 8. The molecule has 0 bridgehead atoms. The molecule has 0 saturated heterocycles. The number of phenols is 1. The Balaban J connectivity index is 1.71. The van der Waals surface area contributed by atoms with E-state index in [-0.39, 0.29) is 38.6 Å². The smallest absolute Gasteiger partial charge is 0.296 e. The standard InChI is InChI=1S/C26H19N5O13S4/c27-18-12-17-13(10-22(18)47(39,40)41)11-23(48(42,43)44)25(26(17)32)31-30-20-9-8-19(16-2-1-3-21(24(16)20)46(36,37)38)29-28-14-4-6-15(7-5-14)45(33,34)35/h1-12,32H,27H2,(H,33,34,35)(H,36,37,38)(H,39,40,41)(H,42,43,44). The van der Waals surface area contributed by atoms with Gasteiger partial charge < -0.3 is 10.8 Å². The molecular weight excluding hydrogens is 719 g/mol. The van der Waals surface area contributed by atoms with E-state index >= 15 is 0 Å². The Kier molecular flexibility index (Phi) is 8.56. The fourth-order valence-corrected chi connectivity index (χ4v) is 7.03. The summed E-state index contributed by atoms with van der Waals surface area (Å²) in [4.78, 5) is -2.97. The van der Waals surface area contributed by atoms with Crippen LogP contribution in [0.3, 0.4) is 0 Å². The van der Waals surface area contributed by atoms with E-state index in [4.69, 9.17) is 10.3 Å². The van der Waals surface area contributed by atoms with Crippen molar-refractivity contribution in [2.75, 3.05) is 5.73 Å². The van der Waals surface area contributed by atoms with E-state index < -0.39 is 77.2 Å². The Labute approximate surface area is 270 Å². The van der Waals surface area contributed by atoms with Crippen molar-refractivity contribution in [3.63, 3.8) is 0 Å². The van der Waals surface area contributed by atoms with E-state index in [1.165, 1.54) is 30.3 Å². The Morgan fingerprint density at radius 1 is 0.542 bits per heavy atom. The zero-order chi connectivity index (χ0) is 35.4. The summed E-state index contributed by atoms with van der Waals surface area (Å²) in [5, 5.41) is 25.8. The largest absolute Gasteiger partial charge is 0.505 e. The molecule has 0 radical (unpaired) electrons. The first-order valence-corrected chi connectivity index (χ1v) is 18.4. The number of aromatic hydroxyl groups is 1. The molecule has 0 heterocycles. The second kappa shape index (κ2) is 11.9. The summed E-state index contributed by atoms with van der Waals surface area (Å²) in [7, 11) is -19.5. The normalized spacial score (nSPS) is 13.2. The third-order valence-electron chi connectivity index (χ3n) is 6.64. The highest BCUT2D eigenvalue weighted by atomic mass is 32.2. The van der Waals surface area contributed by atoms with Gasteiger partial charge in [0.1, 0.15) is 20.4 Å². The fourth-order valence-electron chi connectivity index (χ4n) is 4.53. The number of benzene rings is 5. The number of hydrogen-bond donors (Lipinski definition) is 6. The molecule has 0 aliphatic rings. The molecule has 0 atom stereocenters. The van der Waals surface area contributed by atoms with Gasteiger partial charge in [-0.1, -0.05) is 12.1 Å². The van der Waals surface area contributed by atoms with Gasteiger partial charge in [0.25, 0.3) is 40.5 Å². The van der Waals surface area contributed by atoms with Crippen molar-refractivity contribution in [3.8, 4) is 5.75 Å². The lowest BCUT2D eigenvalue weighted by molar-refractivity contribution is 0.472. The first-order chi connectivity index (χ1) is 22.2. The van der Waals surface area contributed by atoms with E-state index in [1.54, 1.807) is 0 Å². The minimum atomic E-state index is -5.20. The molecule has 0 amide bonds. The van der Waals surface area contributed by atoms with Crippen LogP contribution in [0.5, 0.6) is 5.75 Å². The maximum absolute atomic E-state index is 12.3. The summed E-state index contributed by atoms with van der Waals surface area (Å²) >= 11 is 0. The highest BCUT2D eigenvalue weighted by Gasteiger charge is 2.25. The zero-order valence-corrected chi connectivity index (χ0v) is 26.7. The number of nitrogen functional groups attached to an aromatic ring is 1. The van der Waals surface area contributed by atoms with Crippen LogP contribution >= 0.6 is 0 Å². The maximum atomic E-state index is 12.3. The average Bonchev–Trinajstić information content (AvgIpc) is 2.97. The second-order valence-corrected chi connectivity index (χ2v) is 15.4. The van der Waals surface area contributed by atoms with Gasteiger partial charge in [-0.3, -0.25) is 18.2 Å². The third kappa shape index (κ3) is 6.85. The van der Waals surface area contributed by atoms with Crippen molar-refractivity contribution >= 4 is 90.5 Å². The molecule has 0 aromatic heterocycles. The van der Waals surface area contributed by atoms with Crippen molar-refractivity contribution in [1.29, 1.82) is 0 Å². The van der Waals surface area contributed by atoms with E-state index in [0.717, 1.165) is 42.5 Å². The van der Waals surface area contributed by atoms with E-state index in [9.17, 15) is 52.4 Å². The summed E-state index contributed by atoms with van der Waals surface area (Å²) in [5.41, 5.74) is 4.09. The molecule has 7 N–H and O–H groups in total. The highest BCUT2D eigenvalue weighted by molar-refractivity contribution is 7.86. The van der Waals surface area contributed by atoms with Crippen LogP contribution in [0.1, 0.15) is 0 Å². The lowest BCUT2D eigenvalue weighted by atomic mass is 10.1. The first kappa shape index (κ1) is 34.4. The fraction of sp³-hybridized carbons (Fsp3) is 0. The summed E-state index contributed by atoms with van der Waals surface area (Å²) in [6.07, 6.45) is 0. The van der Waals surface area contributed by atoms with Crippen LogP contribution in [0.4, 0.5) is 28.4 Å². The van der Waals surface area contributed by atoms with Gasteiger partial charge in [-0.05, 0) is 66.0 Å². The molecule has 5 rings (SSSR count). The van der Waals surface area contributed by atoms with Crippen molar-refractivity contribution in [3.05, 3.63) is 72.8 Å². The number of hydrogen-bond acceptors (Lipinski definition) is 14. The lowest BCUT2D eigenvalue weighted by Gasteiger charge is -2.12. The van der Waals surface area contributed by atoms with Gasteiger partial charge in [0, 0.05) is 16.2 Å². The maximum Gasteiger partial charge on any atom is 0.296 e. The average molecular weight is 738 g/mol. The van der Waals surface area contributed by atoms with Gasteiger partial charge >= 0.3 is 0 Å². The van der Waals surface area contributed by atoms with Crippen molar-refractivity contribution < 1.29 is 57.0 Å². The molecule has 0 aliphatic carbocycles. The second-order valence-electron chi connectivity index (χ2n) is 9.76. The summed E-state index contributed by atoms with van der Waals surface area (Å²) in [6, 6.07) is 13.0. The highest BCUT2D eigenvalue weighted by Crippen LogP contribution is 2.44. The Morgan fingerprint density at radius 2 is 1.10 bits per heavy atom. The molecule has 0 unspecified atom stereocenters. The summed E-state index contributed by atoms with van der Waals surface area (Å²) in [6.45, 7) is 0. The molecule has 18 nitrogen and oxygen atoms in total. The first-order valence-electron chi connectivity index (χ1n) is 12.6. The number of nitrogens with zero attached hydrogens (tertiary/aromatic N) is 4. The minimum Gasteiger partial charge on any atom is -0.505 e. The van der Waals surface area contributed by atoms with Gasteiger partial charge in [-0.2, -0.15) is 38.8 Å². The predicted molar refractivity (Wildman–Crippen MR) is 168 cm³/mol. The number of nitrogens with two attached hydrogens (primary N) is 1. The van der Waals surface area contributed by atoms with Crippen LogP contribution in [0.15, 0.2) is 113 Å². The van der Waals surface area contributed by atoms with E-state index in [1.807, 2.05) is 0 Å². The molecule has 250 valence electrons. The topological polar surface area (TPSA) is 313 Å². The summed E-state index contributed by atoms with van der Waals surface area (Å²) in [5.74, 6) is -0.956. The van der Waals surface area contributed by atoms with Crippen LogP contribution < -0.4 is 5.73 Å². The molecule has 5 aromatic rings. The van der Waals surface area contributed by atoms with Crippen molar-refractivity contribution in [2.45, 2.75) is 19.6 Å². The molecule has 0 spiro atoms. The van der Waals surface area contributed by atoms with Crippen LogP contribution in [0, 0.1) is 0 Å². The molecule has 22 heteroatoms. The van der Waals surface area contributed by atoms with Gasteiger partial charge in [0.05, 0.1) is 27.6 Å². The third-order valence-corrected chi connectivity index (χ3v) is 10.2. The zero-order valence-electron chi connectivity index (χ0n) is 23.4.